The third kappa shape index (κ3) is 5.03. The van der Waals surface area contributed by atoms with E-state index in [1.807, 2.05) is 60.5 Å². The number of carbonyl (C=O) groups excluding carboxylic acids is 2. The van der Waals surface area contributed by atoms with Gasteiger partial charge in [-0.15, -0.1) is 5.10 Å². The van der Waals surface area contributed by atoms with Gasteiger partial charge in [0.2, 0.25) is 5.95 Å². The number of carbonyl (C=O) groups is 2. The Morgan fingerprint density at radius 3 is 2.50 bits per heavy atom. The van der Waals surface area contributed by atoms with Crippen molar-refractivity contribution in [1.82, 2.24) is 29.3 Å². The number of nitrogens with one attached hydrogen (secondary N) is 1. The maximum absolute atomic E-state index is 12.8. The molecule has 1 N–H and O–H groups in total. The number of hydrogen-bond acceptors (Lipinski definition) is 7. The lowest BCUT2D eigenvalue weighted by Crippen LogP contribution is -2.47. The van der Waals surface area contributed by atoms with Crippen molar-refractivity contribution in [3.63, 3.8) is 0 Å². The summed E-state index contributed by atoms with van der Waals surface area (Å²) in [5.41, 5.74) is 4.36. The molecule has 0 radical (unpaired) electrons. The molecule has 0 unspecified atom stereocenters. The van der Waals surface area contributed by atoms with Gasteiger partial charge in [0.05, 0.1) is 6.61 Å². The minimum atomic E-state index is -0.281. The molecule has 2 aromatic heterocycles. The van der Waals surface area contributed by atoms with Crippen LogP contribution in [0.15, 0.2) is 48.7 Å². The highest BCUT2D eigenvalue weighted by atomic mass is 16.6. The molecule has 0 spiro atoms. The van der Waals surface area contributed by atoms with Crippen molar-refractivity contribution >= 4 is 34.9 Å². The molecular weight excluding hydrogens is 458 g/mol. The third-order valence-corrected chi connectivity index (χ3v) is 6.62. The molecule has 5 rings (SSSR count). The van der Waals surface area contributed by atoms with Gasteiger partial charge in [-0.2, -0.15) is 4.98 Å². The summed E-state index contributed by atoms with van der Waals surface area (Å²) in [4.78, 5) is 35.3. The molecule has 10 nitrogen and oxygen atoms in total. The first-order valence-corrected chi connectivity index (χ1v) is 12.3. The molecule has 0 bridgehead atoms. The van der Waals surface area contributed by atoms with E-state index >= 15 is 0 Å². The molecule has 0 atom stereocenters. The Bertz CT molecular complexity index is 1280. The van der Waals surface area contributed by atoms with Crippen molar-refractivity contribution in [2.24, 2.45) is 0 Å². The number of pyridine rings is 1. The van der Waals surface area contributed by atoms with E-state index in [0.29, 0.717) is 31.2 Å². The van der Waals surface area contributed by atoms with Crippen LogP contribution >= 0.6 is 0 Å². The second-order valence-electron chi connectivity index (χ2n) is 9.05. The van der Waals surface area contributed by atoms with E-state index in [1.54, 1.807) is 9.42 Å². The molecule has 1 aromatic carbocycles. The zero-order chi connectivity index (χ0) is 25.1. The molecular formula is C26H31N7O3. The van der Waals surface area contributed by atoms with Crippen LogP contribution in [0.1, 0.15) is 29.3 Å². The first kappa shape index (κ1) is 23.8. The predicted molar refractivity (Wildman–Crippen MR) is 137 cm³/mol. The van der Waals surface area contributed by atoms with Crippen molar-refractivity contribution in [1.29, 1.82) is 0 Å². The first-order chi connectivity index (χ1) is 17.5. The lowest BCUT2D eigenvalue weighted by atomic mass is 10.0. The van der Waals surface area contributed by atoms with Gasteiger partial charge >= 0.3 is 6.09 Å². The molecule has 2 aliphatic rings. The predicted octanol–water partition coefficient (Wildman–Crippen LogP) is 3.11. The fraction of sp³-hybridized carbons (Fsp3) is 0.385. The van der Waals surface area contributed by atoms with Gasteiger partial charge in [-0.25, -0.2) is 9.31 Å². The fourth-order valence-electron chi connectivity index (χ4n) is 4.52. The average molecular weight is 490 g/mol. The number of aromatic nitrogens is 3. The number of likely N-dealkylation sites (N-methyl/N-ethyl adjacent to an activating group) is 1. The average Bonchev–Trinajstić information content (AvgIpc) is 3.32. The molecule has 36 heavy (non-hydrogen) atoms. The van der Waals surface area contributed by atoms with E-state index < -0.39 is 0 Å². The van der Waals surface area contributed by atoms with Gasteiger partial charge in [0.1, 0.15) is 0 Å². The van der Waals surface area contributed by atoms with E-state index in [2.05, 4.69) is 22.4 Å². The Morgan fingerprint density at radius 2 is 1.81 bits per heavy atom. The van der Waals surface area contributed by atoms with E-state index in [1.165, 1.54) is 0 Å². The number of rotatable bonds is 5. The monoisotopic (exact) mass is 489 g/mol. The first-order valence-electron chi connectivity index (χ1n) is 12.3. The Kier molecular flexibility index (Phi) is 6.86. The largest absolute Gasteiger partial charge is 0.450 e. The highest BCUT2D eigenvalue weighted by Gasteiger charge is 2.22. The van der Waals surface area contributed by atoms with Gasteiger partial charge in [-0.05, 0) is 62.4 Å². The quantitative estimate of drug-likeness (QED) is 0.588. The van der Waals surface area contributed by atoms with E-state index in [4.69, 9.17) is 9.72 Å². The number of anilines is 2. The van der Waals surface area contributed by atoms with Crippen LogP contribution in [0.5, 0.6) is 0 Å². The van der Waals surface area contributed by atoms with Crippen LogP contribution in [0.3, 0.4) is 0 Å². The van der Waals surface area contributed by atoms with Crippen molar-refractivity contribution in [2.45, 2.75) is 13.3 Å². The highest BCUT2D eigenvalue weighted by Crippen LogP contribution is 2.27. The van der Waals surface area contributed by atoms with E-state index in [-0.39, 0.29) is 12.0 Å². The minimum Gasteiger partial charge on any atom is -0.450 e. The molecule has 10 heteroatoms. The topological polar surface area (TPSA) is 95.3 Å². The van der Waals surface area contributed by atoms with Crippen LogP contribution in [0.2, 0.25) is 0 Å². The van der Waals surface area contributed by atoms with Gasteiger partial charge in [0, 0.05) is 62.3 Å². The number of ether oxygens (including phenoxy) is 1. The van der Waals surface area contributed by atoms with Crippen molar-refractivity contribution in [2.75, 3.05) is 58.2 Å². The molecule has 3 aromatic rings. The van der Waals surface area contributed by atoms with Crippen LogP contribution in [0.25, 0.3) is 11.2 Å². The minimum absolute atomic E-state index is 0.0624. The molecule has 188 valence electrons. The second kappa shape index (κ2) is 10.4. The van der Waals surface area contributed by atoms with Crippen molar-refractivity contribution < 1.29 is 14.3 Å². The van der Waals surface area contributed by atoms with Gasteiger partial charge < -0.3 is 24.8 Å². The summed E-state index contributed by atoms with van der Waals surface area (Å²) >= 11 is 0. The van der Waals surface area contributed by atoms with E-state index in [9.17, 15) is 9.59 Å². The third-order valence-electron chi connectivity index (χ3n) is 6.62. The summed E-state index contributed by atoms with van der Waals surface area (Å²) in [7, 11) is 2.07. The Morgan fingerprint density at radius 1 is 1.03 bits per heavy atom. The molecule has 0 saturated carbocycles. The summed E-state index contributed by atoms with van der Waals surface area (Å²) in [6, 6.07) is 11.4. The number of benzene rings is 1. The van der Waals surface area contributed by atoms with Crippen LogP contribution < -0.4 is 5.32 Å². The van der Waals surface area contributed by atoms with Crippen LogP contribution in [-0.2, 0) is 4.74 Å². The molecule has 1 fully saturated rings. The molecule has 2 amide bonds. The van der Waals surface area contributed by atoms with Gasteiger partial charge in [-0.3, -0.25) is 4.79 Å². The van der Waals surface area contributed by atoms with Crippen molar-refractivity contribution in [3.8, 4) is 0 Å². The van der Waals surface area contributed by atoms with Crippen LogP contribution in [0, 0.1) is 0 Å². The number of amides is 2. The van der Waals surface area contributed by atoms with Crippen LogP contribution in [0.4, 0.5) is 16.4 Å². The Balaban J connectivity index is 1.28. The number of hydrogen-bond donors (Lipinski definition) is 1. The van der Waals surface area contributed by atoms with Crippen molar-refractivity contribution in [3.05, 3.63) is 59.8 Å². The molecule has 1 saturated heterocycles. The zero-order valence-corrected chi connectivity index (χ0v) is 20.7. The molecule has 2 aliphatic heterocycles. The fourth-order valence-corrected chi connectivity index (χ4v) is 4.52. The summed E-state index contributed by atoms with van der Waals surface area (Å²) < 4.78 is 6.86. The van der Waals surface area contributed by atoms with Gasteiger partial charge in [0.25, 0.3) is 5.91 Å². The Labute approximate surface area is 210 Å². The molecule has 4 heterocycles. The summed E-state index contributed by atoms with van der Waals surface area (Å²) in [5.74, 6) is 0.539. The summed E-state index contributed by atoms with van der Waals surface area (Å²) in [5, 5.41) is 7.82. The maximum atomic E-state index is 12.8. The standard InChI is InChI=1S/C26H31N7O3/c1-3-36-26(35)32-13-10-19(11-14-32)22-5-4-12-33-23(22)28-25(29-33)27-21-8-6-20(7-9-21)24(34)31-17-15-30(2)16-18-31/h4-10,12H,3,11,13-18H2,1-2H3,(H,27,29). The smallest absolute Gasteiger partial charge is 0.410 e. The summed E-state index contributed by atoms with van der Waals surface area (Å²) in [6.45, 7) is 6.58. The zero-order valence-electron chi connectivity index (χ0n) is 20.7. The normalized spacial score (nSPS) is 16.7. The number of piperazine rings is 1. The maximum Gasteiger partial charge on any atom is 0.410 e. The highest BCUT2D eigenvalue weighted by molar-refractivity contribution is 5.94. The van der Waals surface area contributed by atoms with Gasteiger partial charge in [0.15, 0.2) is 5.65 Å². The molecule has 0 aliphatic carbocycles. The Hall–Kier alpha value is -3.92. The number of fused-ring (bicyclic) bond motifs is 1. The summed E-state index contributed by atoms with van der Waals surface area (Å²) in [6.07, 6.45) is 4.35. The van der Waals surface area contributed by atoms with Gasteiger partial charge in [-0.1, -0.05) is 6.08 Å². The second-order valence-corrected chi connectivity index (χ2v) is 9.05. The number of nitrogens with zero attached hydrogens (tertiary/aromatic N) is 6. The van der Waals surface area contributed by atoms with E-state index in [0.717, 1.165) is 55.1 Å². The lowest BCUT2D eigenvalue weighted by Gasteiger charge is -2.32. The van der Waals surface area contributed by atoms with Crippen LogP contribution in [-0.4, -0.2) is 94.2 Å². The SMILES string of the molecule is CCOC(=O)N1CC=C(c2cccn3nc(Nc4ccc(C(=O)N5CCN(C)CC5)cc4)nc23)CC1. The lowest BCUT2D eigenvalue weighted by molar-refractivity contribution is 0.0664.